The average molecular weight is 165 g/mol. The summed E-state index contributed by atoms with van der Waals surface area (Å²) in [5, 5.41) is 2.51. The second-order valence-electron chi connectivity index (χ2n) is 1.79. The van der Waals surface area contributed by atoms with Gasteiger partial charge in [0.2, 0.25) is 0 Å². The number of hydrogen-bond donors (Lipinski definition) is 0. The molecule has 60 valence electrons. The third-order valence-electron chi connectivity index (χ3n) is 1.02. The molecular formula is C5H2F3NO2. The molecule has 0 spiro atoms. The smallest absolute Gasteiger partial charge is 0.312 e. The molecule has 0 aliphatic carbocycles. The lowest BCUT2D eigenvalue weighted by Crippen LogP contribution is -2.23. The maximum Gasteiger partial charge on any atom is 0.437 e. The van der Waals surface area contributed by atoms with E-state index in [1.165, 1.54) is 0 Å². The topological polar surface area (TPSA) is 38.7 Å². The van der Waals surface area contributed by atoms with Gasteiger partial charge >= 0.3 is 12.1 Å². The summed E-state index contributed by atoms with van der Waals surface area (Å²) in [4.78, 5) is 14.0. The van der Waals surface area contributed by atoms with E-state index in [1.54, 1.807) is 0 Å². The summed E-state index contributed by atoms with van der Waals surface area (Å²) < 4.78 is 35.3. The Hall–Kier alpha value is -1.33. The number of carbonyl (C=O) groups is 1. The van der Waals surface area contributed by atoms with Gasteiger partial charge in [0.1, 0.15) is 0 Å². The molecule has 0 saturated carbocycles. The molecule has 0 unspecified atom stereocenters. The summed E-state index contributed by atoms with van der Waals surface area (Å²) in [5.74, 6) is -1.16. The number of nitrogens with zero attached hydrogens (tertiary/aromatic N) is 1. The van der Waals surface area contributed by atoms with Crippen LogP contribution in [0.1, 0.15) is 0 Å². The monoisotopic (exact) mass is 165 g/mol. The van der Waals surface area contributed by atoms with Crippen LogP contribution in [0.15, 0.2) is 17.3 Å². The van der Waals surface area contributed by atoms with Gasteiger partial charge in [0.05, 0.1) is 5.57 Å². The largest absolute Gasteiger partial charge is 0.437 e. The van der Waals surface area contributed by atoms with Crippen molar-refractivity contribution in [1.29, 1.82) is 0 Å². The SMILES string of the molecule is C=C1C(=O)ON=C1C(F)(F)F. The van der Waals surface area contributed by atoms with Crippen LogP contribution in [-0.2, 0) is 9.63 Å². The van der Waals surface area contributed by atoms with Gasteiger partial charge in [-0.1, -0.05) is 11.7 Å². The zero-order valence-electron chi connectivity index (χ0n) is 5.10. The van der Waals surface area contributed by atoms with E-state index in [-0.39, 0.29) is 0 Å². The van der Waals surface area contributed by atoms with Crippen molar-refractivity contribution in [3.05, 3.63) is 12.2 Å². The number of halogens is 3. The predicted molar refractivity (Wildman–Crippen MR) is 28.7 cm³/mol. The van der Waals surface area contributed by atoms with E-state index in [4.69, 9.17) is 0 Å². The minimum atomic E-state index is -4.66. The molecule has 0 bridgehead atoms. The van der Waals surface area contributed by atoms with E-state index >= 15 is 0 Å². The lowest BCUT2D eigenvalue weighted by Gasteiger charge is -2.01. The Labute approximate surface area is 59.1 Å². The number of oxime groups is 1. The Kier molecular flexibility index (Phi) is 1.47. The fourth-order valence-electron chi connectivity index (χ4n) is 0.517. The van der Waals surface area contributed by atoms with Crippen LogP contribution < -0.4 is 0 Å². The molecule has 0 amide bonds. The molecule has 11 heavy (non-hydrogen) atoms. The minimum Gasteiger partial charge on any atom is -0.312 e. The minimum absolute atomic E-state index is 0.752. The number of alkyl halides is 3. The third-order valence-corrected chi connectivity index (χ3v) is 1.02. The molecule has 3 nitrogen and oxygen atoms in total. The summed E-state index contributed by atoms with van der Waals surface area (Å²) in [5.41, 5.74) is -2.11. The molecular weight excluding hydrogens is 163 g/mol. The quantitative estimate of drug-likeness (QED) is 0.397. The van der Waals surface area contributed by atoms with Gasteiger partial charge in [-0.05, 0) is 0 Å². The number of hydrogen-bond acceptors (Lipinski definition) is 3. The lowest BCUT2D eigenvalue weighted by molar-refractivity contribution is -0.136. The Morgan fingerprint density at radius 2 is 2.00 bits per heavy atom. The zero-order chi connectivity index (χ0) is 8.65. The van der Waals surface area contributed by atoms with E-state index in [0.29, 0.717) is 0 Å². The molecule has 1 aliphatic rings. The summed E-state index contributed by atoms with van der Waals surface area (Å²) in [6.45, 7) is 2.86. The van der Waals surface area contributed by atoms with Crippen LogP contribution in [0.3, 0.4) is 0 Å². The predicted octanol–water partition coefficient (Wildman–Crippen LogP) is 1.02. The lowest BCUT2D eigenvalue weighted by atomic mass is 10.2. The maximum absolute atomic E-state index is 11.8. The fraction of sp³-hybridized carbons (Fsp3) is 0.200. The van der Waals surface area contributed by atoms with Crippen molar-refractivity contribution in [3.63, 3.8) is 0 Å². The number of rotatable bonds is 0. The molecule has 0 aromatic carbocycles. The first-order valence-electron chi connectivity index (χ1n) is 2.48. The highest BCUT2D eigenvalue weighted by molar-refractivity contribution is 6.23. The molecule has 0 aromatic rings. The van der Waals surface area contributed by atoms with Crippen molar-refractivity contribution in [2.45, 2.75) is 6.18 Å². The van der Waals surface area contributed by atoms with Gasteiger partial charge in [0.15, 0.2) is 5.71 Å². The average Bonchev–Trinajstić information content (AvgIpc) is 2.11. The summed E-state index contributed by atoms with van der Waals surface area (Å²) in [6.07, 6.45) is -4.66. The third kappa shape index (κ3) is 1.24. The molecule has 0 aromatic heterocycles. The van der Waals surface area contributed by atoms with Crippen molar-refractivity contribution in [1.82, 2.24) is 0 Å². The van der Waals surface area contributed by atoms with Crippen LogP contribution in [-0.4, -0.2) is 17.9 Å². The Morgan fingerprint density at radius 1 is 1.45 bits per heavy atom. The van der Waals surface area contributed by atoms with Crippen LogP contribution in [0, 0.1) is 0 Å². The first kappa shape index (κ1) is 7.77. The molecule has 0 saturated heterocycles. The first-order valence-corrected chi connectivity index (χ1v) is 2.48. The van der Waals surface area contributed by atoms with Crippen molar-refractivity contribution >= 4 is 11.7 Å². The highest BCUT2D eigenvalue weighted by atomic mass is 19.4. The highest BCUT2D eigenvalue weighted by Gasteiger charge is 2.44. The van der Waals surface area contributed by atoms with Crippen LogP contribution >= 0.6 is 0 Å². The maximum atomic E-state index is 11.8. The molecule has 1 rings (SSSR count). The summed E-state index contributed by atoms with van der Waals surface area (Å²) in [6, 6.07) is 0. The second-order valence-corrected chi connectivity index (χ2v) is 1.79. The van der Waals surface area contributed by atoms with Crippen molar-refractivity contribution in [3.8, 4) is 0 Å². The highest BCUT2D eigenvalue weighted by Crippen LogP contribution is 2.25. The molecule has 0 fully saturated rings. The molecule has 0 radical (unpaired) electrons. The molecule has 1 heterocycles. The van der Waals surface area contributed by atoms with Crippen LogP contribution in [0.5, 0.6) is 0 Å². The zero-order valence-corrected chi connectivity index (χ0v) is 5.10. The van der Waals surface area contributed by atoms with Gasteiger partial charge < -0.3 is 4.84 Å². The van der Waals surface area contributed by atoms with E-state index in [9.17, 15) is 18.0 Å². The van der Waals surface area contributed by atoms with Gasteiger partial charge in [0, 0.05) is 0 Å². The Bertz CT molecular complexity index is 253. The Morgan fingerprint density at radius 3 is 2.18 bits per heavy atom. The van der Waals surface area contributed by atoms with Gasteiger partial charge in [0.25, 0.3) is 0 Å². The fourth-order valence-corrected chi connectivity index (χ4v) is 0.517. The standard InChI is InChI=1S/C5H2F3NO2/c1-2-3(5(6,7)8)9-11-4(2)10/h1H2. The van der Waals surface area contributed by atoms with Crippen molar-refractivity contribution < 1.29 is 22.8 Å². The normalized spacial score (nSPS) is 18.3. The second kappa shape index (κ2) is 2.08. The summed E-state index contributed by atoms with van der Waals surface area (Å²) in [7, 11) is 0. The van der Waals surface area contributed by atoms with Crippen LogP contribution in [0.2, 0.25) is 0 Å². The van der Waals surface area contributed by atoms with E-state index in [0.717, 1.165) is 0 Å². The molecule has 0 N–H and O–H groups in total. The van der Waals surface area contributed by atoms with Crippen molar-refractivity contribution in [2.75, 3.05) is 0 Å². The molecule has 0 atom stereocenters. The first-order chi connectivity index (χ1) is 4.93. The van der Waals surface area contributed by atoms with Gasteiger partial charge in [-0.15, -0.1) is 0 Å². The number of carbonyl (C=O) groups excluding carboxylic acids is 1. The van der Waals surface area contributed by atoms with E-state index in [2.05, 4.69) is 16.6 Å². The van der Waals surface area contributed by atoms with E-state index < -0.39 is 23.4 Å². The summed E-state index contributed by atoms with van der Waals surface area (Å²) >= 11 is 0. The van der Waals surface area contributed by atoms with Crippen LogP contribution in [0.25, 0.3) is 0 Å². The van der Waals surface area contributed by atoms with E-state index in [1.807, 2.05) is 0 Å². The van der Waals surface area contributed by atoms with Gasteiger partial charge in [-0.25, -0.2) is 4.79 Å². The van der Waals surface area contributed by atoms with Crippen molar-refractivity contribution in [2.24, 2.45) is 5.16 Å². The Balaban J connectivity index is 2.93. The van der Waals surface area contributed by atoms with Gasteiger partial charge in [-0.2, -0.15) is 13.2 Å². The van der Waals surface area contributed by atoms with Crippen LogP contribution in [0.4, 0.5) is 13.2 Å². The van der Waals surface area contributed by atoms with Gasteiger partial charge in [-0.3, -0.25) is 0 Å². The molecule has 1 aliphatic heterocycles. The molecule has 6 heteroatoms.